The second-order valence-corrected chi connectivity index (χ2v) is 8.64. The zero-order chi connectivity index (χ0) is 22.9. The average molecular weight is 447 g/mol. The molecule has 1 N–H and O–H groups in total. The molecule has 0 bridgehead atoms. The molecule has 1 aliphatic heterocycles. The van der Waals surface area contributed by atoms with Gasteiger partial charge in [-0.25, -0.2) is 4.98 Å². The Morgan fingerprint density at radius 3 is 2.59 bits per heavy atom. The van der Waals surface area contributed by atoms with Gasteiger partial charge in [-0.2, -0.15) is 0 Å². The van der Waals surface area contributed by atoms with Crippen molar-refractivity contribution in [1.82, 2.24) is 10.3 Å². The van der Waals surface area contributed by atoms with Crippen LogP contribution in [-0.4, -0.2) is 18.6 Å². The van der Waals surface area contributed by atoms with Crippen LogP contribution in [0.5, 0.6) is 11.5 Å². The summed E-state index contributed by atoms with van der Waals surface area (Å²) in [6, 6.07) is 29.2. The highest BCUT2D eigenvalue weighted by molar-refractivity contribution is 6.09. The maximum atomic E-state index is 6.39. The van der Waals surface area contributed by atoms with Crippen molar-refractivity contribution >= 4 is 21.7 Å². The lowest BCUT2D eigenvalue weighted by Gasteiger charge is -2.24. The van der Waals surface area contributed by atoms with Gasteiger partial charge in [0.15, 0.2) is 11.5 Å². The van der Waals surface area contributed by atoms with Gasteiger partial charge in [0, 0.05) is 17.5 Å². The predicted octanol–water partition coefficient (Wildman–Crippen LogP) is 6.29. The molecule has 0 spiro atoms. The number of methoxy groups -OCH3 is 1. The average Bonchev–Trinajstić information content (AvgIpc) is 2.91. The van der Waals surface area contributed by atoms with Crippen molar-refractivity contribution in [1.29, 1.82) is 0 Å². The predicted molar refractivity (Wildman–Crippen MR) is 137 cm³/mol. The van der Waals surface area contributed by atoms with Crippen molar-refractivity contribution in [3.63, 3.8) is 0 Å². The van der Waals surface area contributed by atoms with Crippen molar-refractivity contribution in [2.24, 2.45) is 0 Å². The van der Waals surface area contributed by atoms with Crippen LogP contribution in [0, 0.1) is 0 Å². The molecule has 0 amide bonds. The fourth-order valence-electron chi connectivity index (χ4n) is 5.01. The first-order chi connectivity index (χ1) is 16.8. The Bertz CT molecular complexity index is 1500. The van der Waals surface area contributed by atoms with Gasteiger partial charge in [0.1, 0.15) is 6.61 Å². The molecule has 0 saturated heterocycles. The van der Waals surface area contributed by atoms with E-state index >= 15 is 0 Å². The van der Waals surface area contributed by atoms with E-state index in [1.807, 2.05) is 30.3 Å². The molecule has 4 nitrogen and oxygen atoms in total. The monoisotopic (exact) mass is 446 g/mol. The van der Waals surface area contributed by atoms with E-state index in [-0.39, 0.29) is 0 Å². The first-order valence-electron chi connectivity index (χ1n) is 11.7. The zero-order valence-electron chi connectivity index (χ0n) is 19.2. The normalized spacial score (nSPS) is 13.1. The van der Waals surface area contributed by atoms with Crippen molar-refractivity contribution in [2.75, 3.05) is 13.7 Å². The summed E-state index contributed by atoms with van der Waals surface area (Å²) in [4.78, 5) is 5.22. The Balaban J connectivity index is 1.56. The zero-order valence-corrected chi connectivity index (χ0v) is 19.2. The van der Waals surface area contributed by atoms with Crippen LogP contribution in [0.25, 0.3) is 32.9 Å². The van der Waals surface area contributed by atoms with E-state index in [0.717, 1.165) is 47.6 Å². The quantitative estimate of drug-likeness (QED) is 0.322. The van der Waals surface area contributed by atoms with E-state index in [1.54, 1.807) is 7.11 Å². The number of fused-ring (bicyclic) bond motifs is 5. The first-order valence-corrected chi connectivity index (χ1v) is 11.7. The van der Waals surface area contributed by atoms with Crippen LogP contribution in [0.2, 0.25) is 0 Å². The van der Waals surface area contributed by atoms with Crippen LogP contribution < -0.4 is 14.8 Å². The Labute approximate surface area is 199 Å². The van der Waals surface area contributed by atoms with E-state index in [1.165, 1.54) is 27.3 Å². The third-order valence-corrected chi connectivity index (χ3v) is 6.62. The van der Waals surface area contributed by atoms with Gasteiger partial charge < -0.3 is 14.8 Å². The van der Waals surface area contributed by atoms with Gasteiger partial charge in [-0.05, 0) is 58.6 Å². The molecule has 0 fully saturated rings. The molecular weight excluding hydrogens is 420 g/mol. The summed E-state index contributed by atoms with van der Waals surface area (Å²) in [5.74, 6) is 1.45. The Morgan fingerprint density at radius 1 is 0.853 bits per heavy atom. The second kappa shape index (κ2) is 8.81. The lowest BCUT2D eigenvalue weighted by molar-refractivity contribution is 0.285. The topological polar surface area (TPSA) is 43.4 Å². The molecule has 0 aliphatic carbocycles. The van der Waals surface area contributed by atoms with E-state index in [2.05, 4.69) is 59.9 Å². The van der Waals surface area contributed by atoms with Crippen molar-refractivity contribution in [3.05, 3.63) is 102 Å². The maximum Gasteiger partial charge on any atom is 0.171 e. The SMILES string of the molecule is COc1cccc(-c2nc3ccc4ccccc4c3c3c2CNCC3)c1OCc1ccccc1. The van der Waals surface area contributed by atoms with Crippen molar-refractivity contribution < 1.29 is 9.47 Å². The number of para-hydroxylation sites is 1. The number of nitrogens with one attached hydrogen (secondary N) is 1. The summed E-state index contributed by atoms with van der Waals surface area (Å²) in [6.45, 7) is 2.21. The molecule has 1 aliphatic rings. The lowest BCUT2D eigenvalue weighted by Crippen LogP contribution is -2.25. The standard InChI is InChI=1S/C30H26N2O2/c1-33-27-13-7-12-24(30(27)34-19-20-8-3-2-4-9-20)29-25-18-31-17-16-23(25)28-22-11-6-5-10-21(22)14-15-26(28)32-29/h2-15,31H,16-19H2,1H3. The molecule has 4 heteroatoms. The van der Waals surface area contributed by atoms with Gasteiger partial charge in [0.25, 0.3) is 0 Å². The number of ether oxygens (including phenoxy) is 2. The van der Waals surface area contributed by atoms with Crippen LogP contribution in [0.1, 0.15) is 16.7 Å². The minimum atomic E-state index is 0.465. The molecule has 1 aromatic heterocycles. The van der Waals surface area contributed by atoms with Crippen LogP contribution in [0.3, 0.4) is 0 Å². The number of rotatable bonds is 5. The largest absolute Gasteiger partial charge is 0.493 e. The van der Waals surface area contributed by atoms with Gasteiger partial charge in [0.2, 0.25) is 0 Å². The molecular formula is C30H26N2O2. The van der Waals surface area contributed by atoms with Crippen molar-refractivity contribution in [2.45, 2.75) is 19.6 Å². The Kier molecular flexibility index (Phi) is 5.36. The number of nitrogens with zero attached hydrogens (tertiary/aromatic N) is 1. The number of pyridine rings is 1. The summed E-state index contributed by atoms with van der Waals surface area (Å²) in [6.07, 6.45) is 0.972. The summed E-state index contributed by atoms with van der Waals surface area (Å²) in [7, 11) is 1.69. The third kappa shape index (κ3) is 3.57. The first kappa shape index (κ1) is 20.7. The van der Waals surface area contributed by atoms with E-state index in [4.69, 9.17) is 14.5 Å². The molecule has 6 rings (SSSR count). The highest BCUT2D eigenvalue weighted by atomic mass is 16.5. The number of benzene rings is 4. The molecule has 5 aromatic rings. The molecule has 2 heterocycles. The fraction of sp³-hybridized carbons (Fsp3) is 0.167. The Hall–Kier alpha value is -3.89. The molecule has 168 valence electrons. The summed E-state index contributed by atoms with van der Waals surface area (Å²) < 4.78 is 12.1. The van der Waals surface area contributed by atoms with Crippen LogP contribution >= 0.6 is 0 Å². The molecule has 0 saturated carbocycles. The summed E-state index contributed by atoms with van der Waals surface area (Å²) in [5.41, 5.74) is 6.68. The highest BCUT2D eigenvalue weighted by Crippen LogP contribution is 2.42. The molecule has 34 heavy (non-hydrogen) atoms. The molecule has 0 radical (unpaired) electrons. The van der Waals surface area contributed by atoms with Crippen molar-refractivity contribution in [3.8, 4) is 22.8 Å². The highest BCUT2D eigenvalue weighted by Gasteiger charge is 2.23. The van der Waals surface area contributed by atoms with Gasteiger partial charge in [-0.15, -0.1) is 0 Å². The number of hydrogen-bond donors (Lipinski definition) is 1. The van der Waals surface area contributed by atoms with Gasteiger partial charge in [-0.3, -0.25) is 0 Å². The van der Waals surface area contributed by atoms with Gasteiger partial charge >= 0.3 is 0 Å². The van der Waals surface area contributed by atoms with Gasteiger partial charge in [0.05, 0.1) is 18.3 Å². The third-order valence-electron chi connectivity index (χ3n) is 6.62. The Morgan fingerprint density at radius 2 is 1.71 bits per heavy atom. The van der Waals surface area contributed by atoms with Gasteiger partial charge in [-0.1, -0.05) is 66.7 Å². The summed E-state index contributed by atoms with van der Waals surface area (Å²) in [5, 5.41) is 7.34. The van der Waals surface area contributed by atoms with E-state index < -0.39 is 0 Å². The number of aromatic nitrogens is 1. The van der Waals surface area contributed by atoms with Crippen LogP contribution in [-0.2, 0) is 19.6 Å². The molecule has 0 atom stereocenters. The van der Waals surface area contributed by atoms with E-state index in [9.17, 15) is 0 Å². The fourth-order valence-corrected chi connectivity index (χ4v) is 5.01. The van der Waals surface area contributed by atoms with Crippen LogP contribution in [0.4, 0.5) is 0 Å². The minimum Gasteiger partial charge on any atom is -0.493 e. The summed E-state index contributed by atoms with van der Waals surface area (Å²) >= 11 is 0. The molecule has 4 aromatic carbocycles. The maximum absolute atomic E-state index is 6.39. The molecule has 0 unspecified atom stereocenters. The second-order valence-electron chi connectivity index (χ2n) is 8.64. The smallest absolute Gasteiger partial charge is 0.171 e. The lowest BCUT2D eigenvalue weighted by atomic mass is 9.90. The van der Waals surface area contributed by atoms with Crippen LogP contribution in [0.15, 0.2) is 84.9 Å². The van der Waals surface area contributed by atoms with E-state index in [0.29, 0.717) is 12.4 Å². The number of hydrogen-bond acceptors (Lipinski definition) is 4. The minimum absolute atomic E-state index is 0.465.